The second-order valence-corrected chi connectivity index (χ2v) is 6.74. The molecule has 148 valence electrons. The molecule has 2 heterocycles. The molecule has 0 aliphatic carbocycles. The molecule has 0 unspecified atom stereocenters. The summed E-state index contributed by atoms with van der Waals surface area (Å²) in [5, 5.41) is 3.33. The molecule has 0 radical (unpaired) electrons. The van der Waals surface area contributed by atoms with E-state index in [9.17, 15) is 4.79 Å². The zero-order valence-corrected chi connectivity index (χ0v) is 16.8. The van der Waals surface area contributed by atoms with Gasteiger partial charge in [0.15, 0.2) is 0 Å². The predicted octanol–water partition coefficient (Wildman–Crippen LogP) is 3.79. The molecule has 0 saturated heterocycles. The van der Waals surface area contributed by atoms with E-state index in [-0.39, 0.29) is 5.69 Å². The summed E-state index contributed by atoms with van der Waals surface area (Å²) in [6.07, 6.45) is 1.71. The Morgan fingerprint density at radius 3 is 2.28 bits per heavy atom. The molecule has 7 nitrogen and oxygen atoms in total. The summed E-state index contributed by atoms with van der Waals surface area (Å²) in [7, 11) is 5.00. The van der Waals surface area contributed by atoms with E-state index in [1.807, 2.05) is 55.5 Å². The quantitative estimate of drug-likeness (QED) is 0.561. The van der Waals surface area contributed by atoms with Crippen LogP contribution in [-0.4, -0.2) is 28.3 Å². The van der Waals surface area contributed by atoms with Crippen molar-refractivity contribution < 1.29 is 9.47 Å². The third-order valence-corrected chi connectivity index (χ3v) is 4.97. The number of hydrogen-bond acceptors (Lipinski definition) is 5. The Bertz CT molecular complexity index is 1240. The number of nitrogens with one attached hydrogen (secondary N) is 1. The van der Waals surface area contributed by atoms with E-state index in [0.29, 0.717) is 5.82 Å². The van der Waals surface area contributed by atoms with Crippen molar-refractivity contribution in [2.24, 2.45) is 7.05 Å². The Morgan fingerprint density at radius 2 is 1.62 bits per heavy atom. The molecule has 0 spiro atoms. The number of methoxy groups -OCH3 is 2. The van der Waals surface area contributed by atoms with Crippen LogP contribution in [0.2, 0.25) is 0 Å². The van der Waals surface area contributed by atoms with Crippen LogP contribution in [0.4, 0.5) is 11.5 Å². The summed E-state index contributed by atoms with van der Waals surface area (Å²) >= 11 is 0. The van der Waals surface area contributed by atoms with E-state index in [0.717, 1.165) is 39.5 Å². The molecule has 0 bridgehead atoms. The third kappa shape index (κ3) is 3.31. The fourth-order valence-electron chi connectivity index (χ4n) is 3.32. The maximum atomic E-state index is 12.9. The zero-order valence-electron chi connectivity index (χ0n) is 16.8. The van der Waals surface area contributed by atoms with Crippen molar-refractivity contribution in [1.29, 1.82) is 0 Å². The van der Waals surface area contributed by atoms with E-state index >= 15 is 0 Å². The number of benzene rings is 2. The minimum atomic E-state index is -0.134. The highest BCUT2D eigenvalue weighted by molar-refractivity contribution is 5.81. The van der Waals surface area contributed by atoms with Crippen LogP contribution in [-0.2, 0) is 7.05 Å². The summed E-state index contributed by atoms with van der Waals surface area (Å²) in [6.45, 7) is 2.00. The highest BCUT2D eigenvalue weighted by Gasteiger charge is 2.14. The molecule has 2 aromatic heterocycles. The first-order valence-corrected chi connectivity index (χ1v) is 9.15. The third-order valence-electron chi connectivity index (χ3n) is 4.97. The van der Waals surface area contributed by atoms with E-state index < -0.39 is 0 Å². The number of anilines is 2. The van der Waals surface area contributed by atoms with E-state index in [4.69, 9.17) is 9.47 Å². The monoisotopic (exact) mass is 390 g/mol. The lowest BCUT2D eigenvalue weighted by Crippen LogP contribution is -2.20. The number of aromatic nitrogens is 3. The van der Waals surface area contributed by atoms with Crippen molar-refractivity contribution in [2.45, 2.75) is 6.92 Å². The van der Waals surface area contributed by atoms with Crippen molar-refractivity contribution in [2.75, 3.05) is 19.5 Å². The summed E-state index contributed by atoms with van der Waals surface area (Å²) in [5.74, 6) is 2.19. The smallest absolute Gasteiger partial charge is 0.333 e. The first-order chi connectivity index (χ1) is 14.0. The molecule has 4 aromatic rings. The lowest BCUT2D eigenvalue weighted by atomic mass is 10.2. The van der Waals surface area contributed by atoms with Gasteiger partial charge in [-0.25, -0.2) is 9.78 Å². The average Bonchev–Trinajstić information content (AvgIpc) is 2.99. The number of nitrogens with zero attached hydrogens (tertiary/aromatic N) is 3. The second-order valence-electron chi connectivity index (χ2n) is 6.74. The van der Waals surface area contributed by atoms with Gasteiger partial charge in [0.1, 0.15) is 17.3 Å². The van der Waals surface area contributed by atoms with Gasteiger partial charge in [0, 0.05) is 18.8 Å². The maximum Gasteiger partial charge on any atom is 0.333 e. The largest absolute Gasteiger partial charge is 0.497 e. The van der Waals surface area contributed by atoms with Gasteiger partial charge in [-0.3, -0.25) is 9.13 Å². The number of aryl methyl sites for hydroxylation is 2. The number of hydrogen-bond donors (Lipinski definition) is 1. The predicted molar refractivity (Wildman–Crippen MR) is 114 cm³/mol. The van der Waals surface area contributed by atoms with Crippen LogP contribution in [0.15, 0.2) is 59.5 Å². The second kappa shape index (κ2) is 7.35. The number of rotatable bonds is 5. The molecule has 4 rings (SSSR count). The molecule has 29 heavy (non-hydrogen) atoms. The Morgan fingerprint density at radius 1 is 0.931 bits per heavy atom. The molecule has 0 amide bonds. The standard InChI is InChI=1S/C22H22N4O3/c1-14-11-17(29-4)9-10-18(14)24-21-12-19-20(13-23-21)25(2)22(27)26(19)15-5-7-16(28-3)8-6-15/h5-13H,1-4H3,(H,23,24). The van der Waals surface area contributed by atoms with Gasteiger partial charge >= 0.3 is 5.69 Å². The minimum absolute atomic E-state index is 0.134. The van der Waals surface area contributed by atoms with Gasteiger partial charge in [-0.1, -0.05) is 0 Å². The molecule has 7 heteroatoms. The van der Waals surface area contributed by atoms with Crippen LogP contribution in [0, 0.1) is 6.92 Å². The highest BCUT2D eigenvalue weighted by Crippen LogP contribution is 2.26. The zero-order chi connectivity index (χ0) is 20.5. The van der Waals surface area contributed by atoms with Gasteiger partial charge in [0.05, 0.1) is 37.1 Å². The summed E-state index contributed by atoms with van der Waals surface area (Å²) < 4.78 is 13.7. The number of pyridine rings is 1. The molecular formula is C22H22N4O3. The molecule has 1 N–H and O–H groups in total. The van der Waals surface area contributed by atoms with Crippen molar-refractivity contribution in [3.63, 3.8) is 0 Å². The normalized spacial score (nSPS) is 10.9. The number of fused-ring (bicyclic) bond motifs is 1. The van der Waals surface area contributed by atoms with Crippen LogP contribution in [0.3, 0.4) is 0 Å². The van der Waals surface area contributed by atoms with Crippen LogP contribution in [0.25, 0.3) is 16.7 Å². The van der Waals surface area contributed by atoms with Gasteiger partial charge in [0.25, 0.3) is 0 Å². The maximum absolute atomic E-state index is 12.9. The van der Waals surface area contributed by atoms with Crippen molar-refractivity contribution in [1.82, 2.24) is 14.1 Å². The Hall–Kier alpha value is -3.74. The summed E-state index contributed by atoms with van der Waals surface area (Å²) in [4.78, 5) is 17.4. The first-order valence-electron chi connectivity index (χ1n) is 9.15. The summed E-state index contributed by atoms with van der Waals surface area (Å²) in [6, 6.07) is 15.1. The highest BCUT2D eigenvalue weighted by atomic mass is 16.5. The van der Waals surface area contributed by atoms with Gasteiger partial charge in [-0.05, 0) is 55.0 Å². The van der Waals surface area contributed by atoms with Gasteiger partial charge in [-0.15, -0.1) is 0 Å². The fourth-order valence-corrected chi connectivity index (χ4v) is 3.32. The van der Waals surface area contributed by atoms with Crippen LogP contribution < -0.4 is 20.5 Å². The first kappa shape index (κ1) is 18.6. The van der Waals surface area contributed by atoms with Crippen molar-refractivity contribution in [3.05, 3.63) is 70.8 Å². The lowest BCUT2D eigenvalue weighted by Gasteiger charge is -2.11. The van der Waals surface area contributed by atoms with Crippen molar-refractivity contribution >= 4 is 22.5 Å². The average molecular weight is 390 g/mol. The van der Waals surface area contributed by atoms with Crippen LogP contribution in [0.1, 0.15) is 5.56 Å². The van der Waals surface area contributed by atoms with Crippen molar-refractivity contribution in [3.8, 4) is 17.2 Å². The van der Waals surface area contributed by atoms with E-state index in [1.54, 1.807) is 36.6 Å². The van der Waals surface area contributed by atoms with Crippen LogP contribution >= 0.6 is 0 Å². The van der Waals surface area contributed by atoms with Crippen LogP contribution in [0.5, 0.6) is 11.5 Å². The van der Waals surface area contributed by atoms with Gasteiger partial charge in [0.2, 0.25) is 0 Å². The SMILES string of the molecule is COc1ccc(-n2c(=O)n(C)c3cnc(Nc4ccc(OC)cc4C)cc32)cc1. The molecule has 0 aliphatic heterocycles. The Labute approximate surface area is 168 Å². The van der Waals surface area contributed by atoms with E-state index in [1.165, 1.54) is 0 Å². The minimum Gasteiger partial charge on any atom is -0.497 e. The molecular weight excluding hydrogens is 368 g/mol. The van der Waals surface area contributed by atoms with E-state index in [2.05, 4.69) is 10.3 Å². The number of ether oxygens (including phenoxy) is 2. The lowest BCUT2D eigenvalue weighted by molar-refractivity contribution is 0.414. The molecule has 0 aliphatic rings. The fraction of sp³-hybridized carbons (Fsp3) is 0.182. The topological polar surface area (TPSA) is 70.3 Å². The summed E-state index contributed by atoms with van der Waals surface area (Å²) in [5.41, 5.74) is 4.11. The molecule has 0 saturated carbocycles. The molecule has 0 fully saturated rings. The Kier molecular flexibility index (Phi) is 4.72. The molecule has 0 atom stereocenters. The molecule has 2 aromatic carbocycles. The number of imidazole rings is 1. The Balaban J connectivity index is 1.79. The van der Waals surface area contributed by atoms with Gasteiger partial charge in [-0.2, -0.15) is 0 Å². The van der Waals surface area contributed by atoms with Gasteiger partial charge < -0.3 is 14.8 Å².